The number of carbonyl (C=O) groups is 1. The summed E-state index contributed by atoms with van der Waals surface area (Å²) in [5, 5.41) is 0. The molecule has 0 unspecified atom stereocenters. The van der Waals surface area contributed by atoms with Crippen molar-refractivity contribution in [3.63, 3.8) is 0 Å². The molecule has 4 nitrogen and oxygen atoms in total. The number of hydrogen-bond donors (Lipinski definition) is 0. The molecule has 0 bridgehead atoms. The third-order valence-corrected chi connectivity index (χ3v) is 5.23. The van der Waals surface area contributed by atoms with E-state index in [-0.39, 0.29) is 12.2 Å². The van der Waals surface area contributed by atoms with Crippen LogP contribution in [-0.2, 0) is 4.74 Å². The lowest BCUT2D eigenvalue weighted by molar-refractivity contribution is 0.0424. The molecule has 0 N–H and O–H groups in total. The topological polar surface area (TPSA) is 38.8 Å². The Balaban J connectivity index is 1.76. The molecule has 2 rings (SSSR count). The minimum atomic E-state index is -0.160. The quantitative estimate of drug-likeness (QED) is 0.408. The van der Waals surface area contributed by atoms with Crippen molar-refractivity contribution in [1.29, 1.82) is 0 Å². The molecule has 0 aromatic heterocycles. The molecule has 152 valence electrons. The lowest BCUT2D eigenvalue weighted by Crippen LogP contribution is -2.38. The van der Waals surface area contributed by atoms with Crippen molar-refractivity contribution in [1.82, 2.24) is 4.90 Å². The molecular weight excluding hydrogens is 338 g/mol. The zero-order valence-corrected chi connectivity index (χ0v) is 17.0. The van der Waals surface area contributed by atoms with E-state index in [1.165, 1.54) is 51.4 Å². The summed E-state index contributed by atoms with van der Waals surface area (Å²) in [4.78, 5) is 14.5. The Kier molecular flexibility index (Phi) is 10.8. The van der Waals surface area contributed by atoms with Crippen LogP contribution >= 0.6 is 0 Å². The normalized spacial score (nSPS) is 14.7. The zero-order valence-electron chi connectivity index (χ0n) is 17.0. The highest BCUT2D eigenvalue weighted by Gasteiger charge is 2.21. The van der Waals surface area contributed by atoms with E-state index in [2.05, 4.69) is 6.92 Å². The second-order valence-corrected chi connectivity index (χ2v) is 7.56. The maximum atomic E-state index is 12.7. The molecule has 4 heteroatoms. The number of para-hydroxylation sites is 1. The maximum Gasteiger partial charge on any atom is 0.410 e. The summed E-state index contributed by atoms with van der Waals surface area (Å²) in [5.74, 6) is 0.845. The van der Waals surface area contributed by atoms with E-state index in [4.69, 9.17) is 9.47 Å². The Labute approximate surface area is 165 Å². The molecule has 1 amide bonds. The van der Waals surface area contributed by atoms with Crippen molar-refractivity contribution in [2.24, 2.45) is 0 Å². The monoisotopic (exact) mass is 375 g/mol. The molecule has 1 aliphatic carbocycles. The Hall–Kier alpha value is -1.71. The molecule has 1 saturated carbocycles. The first-order valence-corrected chi connectivity index (χ1v) is 10.9. The van der Waals surface area contributed by atoms with Crippen LogP contribution in [0.4, 0.5) is 4.79 Å². The number of unbranched alkanes of at least 4 members (excludes halogenated alkanes) is 5. The van der Waals surface area contributed by atoms with Crippen LogP contribution in [-0.4, -0.2) is 36.8 Å². The Morgan fingerprint density at radius 1 is 0.963 bits per heavy atom. The van der Waals surface area contributed by atoms with Crippen LogP contribution in [0.25, 0.3) is 0 Å². The smallest absolute Gasteiger partial charge is 0.410 e. The summed E-state index contributed by atoms with van der Waals surface area (Å²) in [5.41, 5.74) is 0. The fourth-order valence-electron chi connectivity index (χ4n) is 3.57. The van der Waals surface area contributed by atoms with Gasteiger partial charge in [-0.25, -0.2) is 4.79 Å². The second kappa shape index (κ2) is 13.5. The van der Waals surface area contributed by atoms with Gasteiger partial charge in [0.1, 0.15) is 18.5 Å². The average Bonchev–Trinajstić information content (AvgIpc) is 2.70. The molecule has 0 saturated heterocycles. The van der Waals surface area contributed by atoms with Crippen LogP contribution in [0.1, 0.15) is 77.6 Å². The summed E-state index contributed by atoms with van der Waals surface area (Å²) >= 11 is 0. The van der Waals surface area contributed by atoms with E-state index in [1.807, 2.05) is 35.2 Å². The fraction of sp³-hybridized carbons (Fsp3) is 0.696. The minimum absolute atomic E-state index is 0.105. The van der Waals surface area contributed by atoms with Gasteiger partial charge in [0.05, 0.1) is 6.54 Å². The molecule has 1 aromatic carbocycles. The Morgan fingerprint density at radius 2 is 1.67 bits per heavy atom. The van der Waals surface area contributed by atoms with Crippen molar-refractivity contribution >= 4 is 6.09 Å². The van der Waals surface area contributed by atoms with E-state index < -0.39 is 0 Å². The summed E-state index contributed by atoms with van der Waals surface area (Å²) < 4.78 is 11.6. The van der Waals surface area contributed by atoms with Gasteiger partial charge in [0.25, 0.3) is 0 Å². The lowest BCUT2D eigenvalue weighted by atomic mass is 9.98. The number of ether oxygens (including phenoxy) is 2. The molecule has 0 radical (unpaired) electrons. The third kappa shape index (κ3) is 9.16. The SMILES string of the molecule is CCCCCCCCN(CCOc1ccccc1)C(=O)OC1CCCCC1. The number of nitrogens with zero attached hydrogens (tertiary/aromatic N) is 1. The van der Waals surface area contributed by atoms with Gasteiger partial charge < -0.3 is 14.4 Å². The maximum absolute atomic E-state index is 12.7. The standard InChI is InChI=1S/C23H37NO3/c1-2-3-4-5-6-13-18-24(19-20-26-21-14-9-7-10-15-21)23(25)27-22-16-11-8-12-17-22/h7,9-10,14-15,22H,2-6,8,11-13,16-20H2,1H3. The van der Waals surface area contributed by atoms with Crippen molar-refractivity contribution < 1.29 is 14.3 Å². The van der Waals surface area contributed by atoms with Crippen LogP contribution in [0.15, 0.2) is 30.3 Å². The fourth-order valence-corrected chi connectivity index (χ4v) is 3.57. The highest BCUT2D eigenvalue weighted by Crippen LogP contribution is 2.21. The van der Waals surface area contributed by atoms with Gasteiger partial charge >= 0.3 is 6.09 Å². The molecule has 27 heavy (non-hydrogen) atoms. The van der Waals surface area contributed by atoms with Crippen LogP contribution in [0.5, 0.6) is 5.75 Å². The largest absolute Gasteiger partial charge is 0.492 e. The first-order valence-electron chi connectivity index (χ1n) is 10.9. The van der Waals surface area contributed by atoms with Gasteiger partial charge in [0.2, 0.25) is 0 Å². The molecule has 0 aliphatic heterocycles. The number of rotatable bonds is 12. The number of carbonyl (C=O) groups excluding carboxylic acids is 1. The second-order valence-electron chi connectivity index (χ2n) is 7.56. The summed E-state index contributed by atoms with van der Waals surface area (Å²) in [6.07, 6.45) is 12.9. The predicted octanol–water partition coefficient (Wildman–Crippen LogP) is 6.20. The minimum Gasteiger partial charge on any atom is -0.492 e. The molecule has 0 heterocycles. The molecular formula is C23H37NO3. The number of hydrogen-bond acceptors (Lipinski definition) is 3. The van der Waals surface area contributed by atoms with E-state index in [1.54, 1.807) is 0 Å². The summed E-state index contributed by atoms with van der Waals surface area (Å²) in [7, 11) is 0. The van der Waals surface area contributed by atoms with E-state index in [9.17, 15) is 4.79 Å². The lowest BCUT2D eigenvalue weighted by Gasteiger charge is -2.27. The van der Waals surface area contributed by atoms with Crippen molar-refractivity contribution in [2.75, 3.05) is 19.7 Å². The van der Waals surface area contributed by atoms with Crippen LogP contribution in [0.3, 0.4) is 0 Å². The molecule has 1 fully saturated rings. The Morgan fingerprint density at radius 3 is 2.41 bits per heavy atom. The van der Waals surface area contributed by atoms with Gasteiger partial charge in [-0.2, -0.15) is 0 Å². The number of amides is 1. The summed E-state index contributed by atoms with van der Waals surface area (Å²) in [6, 6.07) is 9.78. The first kappa shape index (κ1) is 21.6. The van der Waals surface area contributed by atoms with Gasteiger partial charge in [-0.1, -0.05) is 63.6 Å². The molecule has 1 aromatic rings. The highest BCUT2D eigenvalue weighted by atomic mass is 16.6. The van der Waals surface area contributed by atoms with Crippen molar-refractivity contribution in [3.8, 4) is 5.75 Å². The third-order valence-electron chi connectivity index (χ3n) is 5.23. The highest BCUT2D eigenvalue weighted by molar-refractivity contribution is 5.67. The van der Waals surface area contributed by atoms with Crippen LogP contribution in [0, 0.1) is 0 Å². The molecule has 0 spiro atoms. The molecule has 1 aliphatic rings. The van der Waals surface area contributed by atoms with E-state index >= 15 is 0 Å². The van der Waals surface area contributed by atoms with Gasteiger partial charge in [0.15, 0.2) is 0 Å². The summed E-state index contributed by atoms with van der Waals surface area (Å²) in [6.45, 7) is 4.07. The van der Waals surface area contributed by atoms with Crippen LogP contribution in [0.2, 0.25) is 0 Å². The Bertz CT molecular complexity index is 500. The van der Waals surface area contributed by atoms with Crippen LogP contribution < -0.4 is 4.74 Å². The molecule has 0 atom stereocenters. The van der Waals surface area contributed by atoms with E-state index in [0.717, 1.165) is 31.6 Å². The van der Waals surface area contributed by atoms with Gasteiger partial charge in [-0.05, 0) is 44.2 Å². The van der Waals surface area contributed by atoms with Crippen molar-refractivity contribution in [2.45, 2.75) is 83.7 Å². The predicted molar refractivity (Wildman–Crippen MR) is 110 cm³/mol. The number of benzene rings is 1. The average molecular weight is 376 g/mol. The zero-order chi connectivity index (χ0) is 19.2. The van der Waals surface area contributed by atoms with E-state index in [0.29, 0.717) is 13.2 Å². The van der Waals surface area contributed by atoms with Gasteiger partial charge in [0, 0.05) is 6.54 Å². The van der Waals surface area contributed by atoms with Gasteiger partial charge in [-0.3, -0.25) is 0 Å². The van der Waals surface area contributed by atoms with Crippen molar-refractivity contribution in [3.05, 3.63) is 30.3 Å². The van der Waals surface area contributed by atoms with Gasteiger partial charge in [-0.15, -0.1) is 0 Å². The first-order chi connectivity index (χ1) is 13.3.